The Morgan fingerprint density at radius 3 is 2.46 bits per heavy atom. The van der Waals surface area contributed by atoms with E-state index in [0.717, 1.165) is 0 Å². The van der Waals surface area contributed by atoms with Gasteiger partial charge in [0.25, 0.3) is 5.91 Å². The molecule has 0 spiro atoms. The molecular formula is C17H17N5O6. The fourth-order valence-corrected chi connectivity index (χ4v) is 3.08. The second-order valence-corrected chi connectivity index (χ2v) is 6.35. The van der Waals surface area contributed by atoms with E-state index in [2.05, 4.69) is 10.3 Å². The fraction of sp³-hybridized carbons (Fsp3) is 0.353. The number of hydrogen-bond donors (Lipinski definition) is 1. The van der Waals surface area contributed by atoms with E-state index in [-0.39, 0.29) is 30.8 Å². The maximum Gasteiger partial charge on any atom is 0.358 e. The quantitative estimate of drug-likeness (QED) is 0.757. The summed E-state index contributed by atoms with van der Waals surface area (Å²) in [7, 11) is 0. The number of fused-ring (bicyclic) bond motifs is 1. The van der Waals surface area contributed by atoms with Crippen LogP contribution in [-0.4, -0.2) is 80.7 Å². The molecule has 28 heavy (non-hydrogen) atoms. The first-order chi connectivity index (χ1) is 13.5. The minimum Gasteiger partial charge on any atom is -0.476 e. The van der Waals surface area contributed by atoms with Crippen molar-refractivity contribution < 1.29 is 29.0 Å². The zero-order chi connectivity index (χ0) is 19.7. The van der Waals surface area contributed by atoms with E-state index < -0.39 is 5.97 Å². The summed E-state index contributed by atoms with van der Waals surface area (Å²) in [5.41, 5.74) is 0.291. The summed E-state index contributed by atoms with van der Waals surface area (Å²) in [4.78, 5) is 39.2. The zero-order valence-electron chi connectivity index (χ0n) is 14.8. The number of ether oxygens (including phenoxy) is 2. The number of carboxylic acid groups (broad SMARTS) is 1. The Morgan fingerprint density at radius 2 is 1.75 bits per heavy atom. The normalized spacial score (nSPS) is 15.6. The molecule has 1 N–H and O–H groups in total. The molecule has 2 amide bonds. The molecule has 2 aliphatic heterocycles. The van der Waals surface area contributed by atoms with Crippen molar-refractivity contribution >= 4 is 17.8 Å². The summed E-state index contributed by atoms with van der Waals surface area (Å²) in [6.45, 7) is 1.61. The first-order valence-electron chi connectivity index (χ1n) is 8.61. The number of rotatable bonds is 4. The molecule has 1 aromatic carbocycles. The van der Waals surface area contributed by atoms with Gasteiger partial charge in [-0.15, -0.1) is 5.10 Å². The highest BCUT2D eigenvalue weighted by Crippen LogP contribution is 2.32. The van der Waals surface area contributed by atoms with E-state index in [4.69, 9.17) is 14.6 Å². The summed E-state index contributed by atoms with van der Waals surface area (Å²) >= 11 is 0. The largest absolute Gasteiger partial charge is 0.476 e. The number of hydrogen-bond acceptors (Lipinski definition) is 7. The highest BCUT2D eigenvalue weighted by atomic mass is 16.7. The minimum atomic E-state index is -1.20. The SMILES string of the molecule is O=C(O)c1cn(CC(=O)N2CCN(C(=O)c3ccc4c(c3)OCO4)CC2)nn1. The van der Waals surface area contributed by atoms with Crippen LogP contribution in [0.3, 0.4) is 0 Å². The van der Waals surface area contributed by atoms with E-state index in [9.17, 15) is 14.4 Å². The minimum absolute atomic E-state index is 0.101. The van der Waals surface area contributed by atoms with Gasteiger partial charge in [-0.05, 0) is 18.2 Å². The molecule has 11 nitrogen and oxygen atoms in total. The third-order valence-corrected chi connectivity index (χ3v) is 4.59. The van der Waals surface area contributed by atoms with E-state index in [1.807, 2.05) is 0 Å². The molecule has 0 radical (unpaired) electrons. The van der Waals surface area contributed by atoms with E-state index in [1.54, 1.807) is 28.0 Å². The molecule has 11 heteroatoms. The lowest BCUT2D eigenvalue weighted by atomic mass is 10.1. The van der Waals surface area contributed by atoms with Crippen LogP contribution in [0.5, 0.6) is 11.5 Å². The van der Waals surface area contributed by atoms with Crippen LogP contribution in [0.2, 0.25) is 0 Å². The van der Waals surface area contributed by atoms with Gasteiger partial charge in [-0.1, -0.05) is 5.21 Å². The van der Waals surface area contributed by atoms with Crippen LogP contribution >= 0.6 is 0 Å². The van der Waals surface area contributed by atoms with Gasteiger partial charge in [-0.2, -0.15) is 0 Å². The first kappa shape index (κ1) is 17.8. The third-order valence-electron chi connectivity index (χ3n) is 4.59. The van der Waals surface area contributed by atoms with Crippen molar-refractivity contribution in [2.45, 2.75) is 6.54 Å². The van der Waals surface area contributed by atoms with Crippen LogP contribution in [0.15, 0.2) is 24.4 Å². The molecule has 0 aliphatic carbocycles. The van der Waals surface area contributed by atoms with Gasteiger partial charge in [0.2, 0.25) is 12.7 Å². The standard InChI is InChI=1S/C17H17N5O6/c23-15(9-22-8-12(17(25)26)18-19-22)20-3-5-21(6-4-20)16(24)11-1-2-13-14(7-11)28-10-27-13/h1-2,7-8H,3-6,9-10H2,(H,25,26). The van der Waals surface area contributed by atoms with Crippen LogP contribution in [0.1, 0.15) is 20.8 Å². The summed E-state index contributed by atoms with van der Waals surface area (Å²) in [5, 5.41) is 16.0. The number of aromatic carboxylic acids is 1. The highest BCUT2D eigenvalue weighted by Gasteiger charge is 2.26. The van der Waals surface area contributed by atoms with Crippen molar-refractivity contribution in [3.8, 4) is 11.5 Å². The van der Waals surface area contributed by atoms with Crippen molar-refractivity contribution in [1.82, 2.24) is 24.8 Å². The second-order valence-electron chi connectivity index (χ2n) is 6.35. The zero-order valence-corrected chi connectivity index (χ0v) is 14.8. The number of carboxylic acids is 1. The molecule has 0 saturated carbocycles. The second kappa shape index (κ2) is 7.18. The van der Waals surface area contributed by atoms with Gasteiger partial charge in [0.05, 0.1) is 6.20 Å². The summed E-state index contributed by atoms with van der Waals surface area (Å²) < 4.78 is 11.7. The van der Waals surface area contributed by atoms with E-state index >= 15 is 0 Å². The van der Waals surface area contributed by atoms with Crippen molar-refractivity contribution in [2.75, 3.05) is 33.0 Å². The molecule has 3 heterocycles. The number of nitrogens with zero attached hydrogens (tertiary/aromatic N) is 5. The van der Waals surface area contributed by atoms with Crippen LogP contribution in [0.25, 0.3) is 0 Å². The number of aromatic nitrogens is 3. The van der Waals surface area contributed by atoms with Crippen molar-refractivity contribution in [3.05, 3.63) is 35.7 Å². The molecule has 0 unspecified atom stereocenters. The summed E-state index contributed by atoms with van der Waals surface area (Å²) in [6, 6.07) is 5.06. The van der Waals surface area contributed by atoms with Crippen LogP contribution in [0, 0.1) is 0 Å². The summed E-state index contributed by atoms with van der Waals surface area (Å²) in [5.74, 6) is -0.376. The van der Waals surface area contributed by atoms with Gasteiger partial charge in [0, 0.05) is 31.7 Å². The topological polar surface area (TPSA) is 127 Å². The number of piperazine rings is 1. The van der Waals surface area contributed by atoms with Crippen LogP contribution < -0.4 is 9.47 Å². The maximum absolute atomic E-state index is 12.7. The highest BCUT2D eigenvalue weighted by molar-refractivity contribution is 5.95. The van der Waals surface area contributed by atoms with Gasteiger partial charge < -0.3 is 24.4 Å². The number of amides is 2. The Bertz CT molecular complexity index is 934. The Balaban J connectivity index is 1.33. The van der Waals surface area contributed by atoms with Gasteiger partial charge in [-0.3, -0.25) is 9.59 Å². The lowest BCUT2D eigenvalue weighted by Crippen LogP contribution is -2.51. The Hall–Kier alpha value is -3.63. The molecule has 2 aromatic rings. The van der Waals surface area contributed by atoms with E-state index in [0.29, 0.717) is 43.2 Å². The first-order valence-corrected chi connectivity index (χ1v) is 8.61. The van der Waals surface area contributed by atoms with Crippen LogP contribution in [0.4, 0.5) is 0 Å². The number of carbonyl (C=O) groups excluding carboxylic acids is 2. The van der Waals surface area contributed by atoms with Gasteiger partial charge in [0.1, 0.15) is 6.54 Å². The number of carbonyl (C=O) groups is 3. The predicted molar refractivity (Wildman–Crippen MR) is 92.0 cm³/mol. The van der Waals surface area contributed by atoms with Gasteiger partial charge >= 0.3 is 5.97 Å². The predicted octanol–water partition coefficient (Wildman–Crippen LogP) is -0.310. The lowest BCUT2D eigenvalue weighted by Gasteiger charge is -2.34. The van der Waals surface area contributed by atoms with Crippen molar-refractivity contribution in [1.29, 1.82) is 0 Å². The van der Waals surface area contributed by atoms with Crippen molar-refractivity contribution in [3.63, 3.8) is 0 Å². The Labute approximate surface area is 159 Å². The molecule has 4 rings (SSSR count). The number of benzene rings is 1. The maximum atomic E-state index is 12.7. The summed E-state index contributed by atoms with van der Waals surface area (Å²) in [6.07, 6.45) is 1.21. The van der Waals surface area contributed by atoms with E-state index in [1.165, 1.54) is 10.9 Å². The average molecular weight is 387 g/mol. The molecule has 1 aromatic heterocycles. The van der Waals surface area contributed by atoms with Crippen LogP contribution in [-0.2, 0) is 11.3 Å². The van der Waals surface area contributed by atoms with Gasteiger partial charge in [0.15, 0.2) is 17.2 Å². The molecule has 2 aliphatic rings. The lowest BCUT2D eigenvalue weighted by molar-refractivity contribution is -0.133. The van der Waals surface area contributed by atoms with Gasteiger partial charge in [-0.25, -0.2) is 9.48 Å². The molecule has 146 valence electrons. The smallest absolute Gasteiger partial charge is 0.358 e. The van der Waals surface area contributed by atoms with Crippen molar-refractivity contribution in [2.24, 2.45) is 0 Å². The molecule has 1 saturated heterocycles. The molecular weight excluding hydrogens is 370 g/mol. The Kier molecular flexibility index (Phi) is 4.55. The monoisotopic (exact) mass is 387 g/mol. The third kappa shape index (κ3) is 3.46. The average Bonchev–Trinajstić information content (AvgIpc) is 3.36. The Morgan fingerprint density at radius 1 is 1.04 bits per heavy atom. The molecule has 0 bridgehead atoms. The molecule has 0 atom stereocenters. The fourth-order valence-electron chi connectivity index (χ4n) is 3.08. The molecule has 1 fully saturated rings.